The molecule has 5 nitrogen and oxygen atoms in total. The molecule has 0 unspecified atom stereocenters. The van der Waals surface area contributed by atoms with Gasteiger partial charge in [0.05, 0.1) is 22.3 Å². The second-order valence-corrected chi connectivity index (χ2v) is 7.15. The van der Waals surface area contributed by atoms with E-state index in [0.29, 0.717) is 22.4 Å². The van der Waals surface area contributed by atoms with Crippen LogP contribution < -0.4 is 5.73 Å². The van der Waals surface area contributed by atoms with E-state index in [-0.39, 0.29) is 0 Å². The van der Waals surface area contributed by atoms with Crippen molar-refractivity contribution in [3.8, 4) is 0 Å². The van der Waals surface area contributed by atoms with Crippen molar-refractivity contribution in [1.82, 2.24) is 19.9 Å². The van der Waals surface area contributed by atoms with Gasteiger partial charge in [-0.1, -0.05) is 40.9 Å². The molecule has 0 atom stereocenters. The first-order valence-electron chi connectivity index (χ1n) is 8.47. The van der Waals surface area contributed by atoms with Gasteiger partial charge in [-0.25, -0.2) is 4.68 Å². The second kappa shape index (κ2) is 8.19. The van der Waals surface area contributed by atoms with Crippen molar-refractivity contribution >= 4 is 29.0 Å². The van der Waals surface area contributed by atoms with E-state index in [1.165, 1.54) is 32.4 Å². The van der Waals surface area contributed by atoms with Crippen molar-refractivity contribution in [2.45, 2.75) is 38.6 Å². The Morgan fingerprint density at radius 1 is 1.08 bits per heavy atom. The van der Waals surface area contributed by atoms with Crippen LogP contribution in [0.1, 0.15) is 36.9 Å². The maximum atomic E-state index is 6.09. The molecule has 1 aliphatic heterocycles. The van der Waals surface area contributed by atoms with E-state index < -0.39 is 0 Å². The molecule has 0 bridgehead atoms. The second-order valence-electron chi connectivity index (χ2n) is 6.33. The lowest BCUT2D eigenvalue weighted by atomic mass is 10.1. The maximum absolute atomic E-state index is 6.09. The molecule has 1 aliphatic rings. The highest BCUT2D eigenvalue weighted by Gasteiger charge is 2.13. The number of anilines is 1. The largest absolute Gasteiger partial charge is 0.381 e. The van der Waals surface area contributed by atoms with Crippen molar-refractivity contribution in [1.29, 1.82) is 0 Å². The summed E-state index contributed by atoms with van der Waals surface area (Å²) in [6.07, 6.45) is 5.96. The first-order chi connectivity index (χ1) is 11.6. The molecule has 3 rings (SSSR count). The maximum Gasteiger partial charge on any atom is 0.169 e. The fourth-order valence-corrected chi connectivity index (χ4v) is 3.51. The van der Waals surface area contributed by atoms with Gasteiger partial charge in [0.25, 0.3) is 0 Å². The number of aromatic nitrogens is 3. The van der Waals surface area contributed by atoms with Gasteiger partial charge >= 0.3 is 0 Å². The number of hydrogen-bond donors (Lipinski definition) is 1. The van der Waals surface area contributed by atoms with Crippen molar-refractivity contribution in [3.05, 3.63) is 39.5 Å². The lowest BCUT2D eigenvalue weighted by molar-refractivity contribution is 0.226. The Labute approximate surface area is 152 Å². The summed E-state index contributed by atoms with van der Waals surface area (Å²) in [6, 6.07) is 5.61. The van der Waals surface area contributed by atoms with Gasteiger partial charge in [-0.15, -0.1) is 5.10 Å². The number of hydrogen-bond acceptors (Lipinski definition) is 4. The van der Waals surface area contributed by atoms with Gasteiger partial charge < -0.3 is 10.6 Å². The molecule has 130 valence electrons. The van der Waals surface area contributed by atoms with Gasteiger partial charge in [0.2, 0.25) is 0 Å². The number of benzene rings is 1. The van der Waals surface area contributed by atoms with Crippen molar-refractivity contribution < 1.29 is 0 Å². The molecule has 2 heterocycles. The number of likely N-dealkylation sites (tertiary alicyclic amines) is 1. The highest BCUT2D eigenvalue weighted by Crippen LogP contribution is 2.23. The summed E-state index contributed by atoms with van der Waals surface area (Å²) in [5.74, 6) is 0.522. The number of nitrogens with zero attached hydrogens (tertiary/aromatic N) is 4. The fraction of sp³-hybridized carbons (Fsp3) is 0.529. The lowest BCUT2D eigenvalue weighted by Crippen LogP contribution is -2.30. The van der Waals surface area contributed by atoms with Gasteiger partial charge in [-0.05, 0) is 63.0 Å². The molecule has 2 aromatic rings. The summed E-state index contributed by atoms with van der Waals surface area (Å²) < 4.78 is 1.87. The highest BCUT2D eigenvalue weighted by atomic mass is 35.5. The van der Waals surface area contributed by atoms with E-state index >= 15 is 0 Å². The first-order valence-corrected chi connectivity index (χ1v) is 9.23. The van der Waals surface area contributed by atoms with E-state index in [1.54, 1.807) is 6.07 Å². The molecular weight excluding hydrogens is 345 g/mol. The first kappa shape index (κ1) is 17.5. The fourth-order valence-electron chi connectivity index (χ4n) is 3.19. The van der Waals surface area contributed by atoms with Crippen LogP contribution in [0.2, 0.25) is 10.0 Å². The monoisotopic (exact) mass is 367 g/mol. The molecule has 0 amide bonds. The molecule has 7 heteroatoms. The molecule has 2 N–H and O–H groups in total. The number of nitrogens with two attached hydrogens (primary N) is 1. The summed E-state index contributed by atoms with van der Waals surface area (Å²) in [5.41, 5.74) is 8.05. The molecule has 0 spiro atoms. The summed E-state index contributed by atoms with van der Waals surface area (Å²) in [4.78, 5) is 2.53. The van der Waals surface area contributed by atoms with E-state index in [1.807, 2.05) is 16.8 Å². The van der Waals surface area contributed by atoms with Crippen LogP contribution >= 0.6 is 23.2 Å². The Morgan fingerprint density at radius 2 is 1.88 bits per heavy atom. The van der Waals surface area contributed by atoms with E-state index in [2.05, 4.69) is 15.2 Å². The predicted molar refractivity (Wildman–Crippen MR) is 98.6 cm³/mol. The van der Waals surface area contributed by atoms with Gasteiger partial charge in [0.15, 0.2) is 5.82 Å². The summed E-state index contributed by atoms with van der Waals surface area (Å²) in [6.45, 7) is 4.14. The van der Waals surface area contributed by atoms with Crippen LogP contribution in [0.3, 0.4) is 0 Å². The van der Waals surface area contributed by atoms with Gasteiger partial charge in [0.1, 0.15) is 0 Å². The molecule has 1 aromatic carbocycles. The van der Waals surface area contributed by atoms with Crippen molar-refractivity contribution in [3.63, 3.8) is 0 Å². The number of rotatable bonds is 6. The minimum absolute atomic E-state index is 0.522. The third-order valence-electron chi connectivity index (χ3n) is 4.52. The zero-order chi connectivity index (χ0) is 16.9. The topological polar surface area (TPSA) is 60.0 Å². The van der Waals surface area contributed by atoms with Gasteiger partial charge in [0, 0.05) is 0 Å². The van der Waals surface area contributed by atoms with Crippen LogP contribution in [0.15, 0.2) is 18.2 Å². The SMILES string of the molecule is Nc1nnn(Cc2ccc(Cl)c(Cl)c2)c1CCCN1CCCCC1. The highest BCUT2D eigenvalue weighted by molar-refractivity contribution is 6.42. The summed E-state index contributed by atoms with van der Waals surface area (Å²) >= 11 is 12.1. The Hall–Kier alpha value is -1.30. The molecule has 24 heavy (non-hydrogen) atoms. The molecular formula is C17H23Cl2N5. The van der Waals surface area contributed by atoms with Crippen molar-refractivity contribution in [2.75, 3.05) is 25.4 Å². The lowest BCUT2D eigenvalue weighted by Gasteiger charge is -2.26. The predicted octanol–water partition coefficient (Wildman–Crippen LogP) is 3.63. The minimum atomic E-state index is 0.522. The van der Waals surface area contributed by atoms with Crippen LogP contribution in [-0.4, -0.2) is 39.5 Å². The van der Waals surface area contributed by atoms with Crippen LogP contribution in [0.4, 0.5) is 5.82 Å². The van der Waals surface area contributed by atoms with Crippen LogP contribution in [-0.2, 0) is 13.0 Å². The number of piperidine rings is 1. The molecule has 1 saturated heterocycles. The summed E-state index contributed by atoms with van der Waals surface area (Å²) in [7, 11) is 0. The average Bonchev–Trinajstić information content (AvgIpc) is 2.92. The minimum Gasteiger partial charge on any atom is -0.381 e. The van der Waals surface area contributed by atoms with E-state index in [0.717, 1.165) is 30.6 Å². The smallest absolute Gasteiger partial charge is 0.169 e. The molecule has 1 fully saturated rings. The molecule has 0 radical (unpaired) electrons. The molecule has 0 aliphatic carbocycles. The quantitative estimate of drug-likeness (QED) is 0.846. The van der Waals surface area contributed by atoms with Gasteiger partial charge in [-0.3, -0.25) is 0 Å². The Kier molecular flexibility index (Phi) is 5.98. The Bertz CT molecular complexity index is 680. The standard InChI is InChI=1S/C17H23Cl2N5/c18-14-7-6-13(11-15(14)19)12-24-16(17(20)21-22-24)5-4-10-23-8-2-1-3-9-23/h6-7,11H,1-5,8-10,12,20H2. The van der Waals surface area contributed by atoms with Crippen LogP contribution in [0.5, 0.6) is 0 Å². The zero-order valence-corrected chi connectivity index (χ0v) is 15.2. The van der Waals surface area contributed by atoms with Crippen molar-refractivity contribution in [2.24, 2.45) is 0 Å². The Morgan fingerprint density at radius 3 is 2.62 bits per heavy atom. The zero-order valence-electron chi connectivity index (χ0n) is 13.7. The average molecular weight is 368 g/mol. The number of halogens is 2. The van der Waals surface area contributed by atoms with Gasteiger partial charge in [-0.2, -0.15) is 0 Å². The van der Waals surface area contributed by atoms with Crippen LogP contribution in [0.25, 0.3) is 0 Å². The van der Waals surface area contributed by atoms with Crippen LogP contribution in [0, 0.1) is 0 Å². The Balaban J connectivity index is 1.61. The molecule has 1 aromatic heterocycles. The number of nitrogen functional groups attached to an aromatic ring is 1. The normalized spacial score (nSPS) is 15.8. The molecule has 0 saturated carbocycles. The van der Waals surface area contributed by atoms with E-state index in [4.69, 9.17) is 28.9 Å². The third-order valence-corrected chi connectivity index (χ3v) is 5.26. The van der Waals surface area contributed by atoms with E-state index in [9.17, 15) is 0 Å². The summed E-state index contributed by atoms with van der Waals surface area (Å²) in [5, 5.41) is 9.32. The third kappa shape index (κ3) is 4.41.